The van der Waals surface area contributed by atoms with Crippen LogP contribution in [0.4, 0.5) is 0 Å². The Morgan fingerprint density at radius 2 is 1.90 bits per heavy atom. The Hall–Kier alpha value is -1.45. The van der Waals surface area contributed by atoms with Crippen molar-refractivity contribution in [3.05, 3.63) is 41.1 Å². The van der Waals surface area contributed by atoms with Crippen molar-refractivity contribution in [2.75, 3.05) is 13.1 Å². The highest BCUT2D eigenvalue weighted by molar-refractivity contribution is 5.82. The molecule has 1 N–H and O–H groups in total. The second kappa shape index (κ2) is 6.33. The molecule has 1 unspecified atom stereocenters. The summed E-state index contributed by atoms with van der Waals surface area (Å²) in [5.41, 5.74) is 4.40. The number of benzene rings is 1. The number of hydrogen-bond acceptors (Lipinski definition) is 3. The Kier molecular flexibility index (Phi) is 4.73. The number of likely N-dealkylation sites (N-methyl/N-ethyl adjacent to an activating group) is 1. The molecular formula is C17H24N2O. The minimum atomic E-state index is -0.445. The zero-order chi connectivity index (χ0) is 14.7. The number of pyridine rings is 1. The molecule has 1 aromatic heterocycles. The SMILES string of the molecule is CCN(CC)C(O)Cc1cccc2cc(C)c(C)nc12. The van der Waals surface area contributed by atoms with Crippen molar-refractivity contribution in [1.29, 1.82) is 0 Å². The van der Waals surface area contributed by atoms with Gasteiger partial charge in [0.15, 0.2) is 0 Å². The zero-order valence-corrected chi connectivity index (χ0v) is 12.8. The number of para-hydroxylation sites is 1. The van der Waals surface area contributed by atoms with Crippen LogP contribution < -0.4 is 0 Å². The molecule has 2 aromatic rings. The fourth-order valence-corrected chi connectivity index (χ4v) is 2.59. The van der Waals surface area contributed by atoms with E-state index in [1.807, 2.05) is 13.0 Å². The van der Waals surface area contributed by atoms with E-state index in [1.165, 1.54) is 5.56 Å². The molecule has 0 aliphatic rings. The lowest BCUT2D eigenvalue weighted by atomic mass is 10.0. The maximum atomic E-state index is 10.3. The Balaban J connectivity index is 2.37. The van der Waals surface area contributed by atoms with Crippen LogP contribution in [0.25, 0.3) is 10.9 Å². The van der Waals surface area contributed by atoms with Crippen LogP contribution in [0.1, 0.15) is 30.7 Å². The van der Waals surface area contributed by atoms with Crippen LogP contribution in [0.3, 0.4) is 0 Å². The smallest absolute Gasteiger partial charge is 0.111 e. The topological polar surface area (TPSA) is 36.4 Å². The molecule has 0 amide bonds. The van der Waals surface area contributed by atoms with E-state index in [0.717, 1.165) is 35.2 Å². The van der Waals surface area contributed by atoms with E-state index in [0.29, 0.717) is 6.42 Å². The van der Waals surface area contributed by atoms with Crippen LogP contribution >= 0.6 is 0 Å². The normalized spacial score (nSPS) is 13.1. The third-order valence-corrected chi connectivity index (χ3v) is 4.01. The predicted molar refractivity (Wildman–Crippen MR) is 83.8 cm³/mol. The van der Waals surface area contributed by atoms with Crippen molar-refractivity contribution < 1.29 is 5.11 Å². The fraction of sp³-hybridized carbons (Fsp3) is 0.471. The predicted octanol–water partition coefficient (Wildman–Crippen LogP) is 3.05. The van der Waals surface area contributed by atoms with Gasteiger partial charge in [0.25, 0.3) is 0 Å². The number of aliphatic hydroxyl groups excluding tert-OH is 1. The zero-order valence-electron chi connectivity index (χ0n) is 12.8. The largest absolute Gasteiger partial charge is 0.378 e. The summed E-state index contributed by atoms with van der Waals surface area (Å²) >= 11 is 0. The van der Waals surface area contributed by atoms with Crippen LogP contribution in [0, 0.1) is 13.8 Å². The van der Waals surface area contributed by atoms with Gasteiger partial charge in [-0.3, -0.25) is 9.88 Å². The third kappa shape index (κ3) is 3.00. The number of aromatic nitrogens is 1. The van der Waals surface area contributed by atoms with Crippen LogP contribution in [-0.2, 0) is 6.42 Å². The molecule has 0 bridgehead atoms. The monoisotopic (exact) mass is 272 g/mol. The van der Waals surface area contributed by atoms with Gasteiger partial charge in [0.1, 0.15) is 6.23 Å². The number of nitrogens with zero attached hydrogens (tertiary/aromatic N) is 2. The summed E-state index contributed by atoms with van der Waals surface area (Å²) in [7, 11) is 0. The van der Waals surface area contributed by atoms with Crippen molar-refractivity contribution in [2.45, 2.75) is 40.3 Å². The van der Waals surface area contributed by atoms with Crippen molar-refractivity contribution in [3.8, 4) is 0 Å². The molecule has 1 heterocycles. The first-order chi connectivity index (χ1) is 9.56. The third-order valence-electron chi connectivity index (χ3n) is 4.01. The van der Waals surface area contributed by atoms with E-state index < -0.39 is 6.23 Å². The average Bonchev–Trinajstić information content (AvgIpc) is 2.42. The minimum absolute atomic E-state index is 0.445. The highest BCUT2D eigenvalue weighted by Gasteiger charge is 2.14. The van der Waals surface area contributed by atoms with E-state index in [2.05, 4.69) is 43.9 Å². The van der Waals surface area contributed by atoms with Gasteiger partial charge in [-0.15, -0.1) is 0 Å². The van der Waals surface area contributed by atoms with E-state index in [1.54, 1.807) is 0 Å². The van der Waals surface area contributed by atoms with Gasteiger partial charge >= 0.3 is 0 Å². The van der Waals surface area contributed by atoms with Crippen molar-refractivity contribution in [3.63, 3.8) is 0 Å². The molecule has 3 nitrogen and oxygen atoms in total. The van der Waals surface area contributed by atoms with Gasteiger partial charge in [-0.05, 0) is 44.1 Å². The summed E-state index contributed by atoms with van der Waals surface area (Å²) in [6.45, 7) is 9.97. The van der Waals surface area contributed by atoms with E-state index in [4.69, 9.17) is 4.98 Å². The molecule has 108 valence electrons. The first-order valence-electron chi connectivity index (χ1n) is 7.34. The van der Waals surface area contributed by atoms with E-state index >= 15 is 0 Å². The Morgan fingerprint density at radius 1 is 1.20 bits per heavy atom. The lowest BCUT2D eigenvalue weighted by Gasteiger charge is -2.25. The number of fused-ring (bicyclic) bond motifs is 1. The molecular weight excluding hydrogens is 248 g/mol. The fourth-order valence-electron chi connectivity index (χ4n) is 2.59. The molecule has 20 heavy (non-hydrogen) atoms. The molecule has 0 spiro atoms. The van der Waals surface area contributed by atoms with Gasteiger partial charge in [-0.1, -0.05) is 32.0 Å². The standard InChI is InChI=1S/C17H24N2O/c1-5-19(6-2)16(20)11-15-9-7-8-14-10-12(3)13(4)18-17(14)15/h7-10,16,20H,5-6,11H2,1-4H3. The number of rotatable bonds is 5. The van der Waals surface area contributed by atoms with Gasteiger partial charge in [0, 0.05) is 17.5 Å². The maximum Gasteiger partial charge on any atom is 0.111 e. The molecule has 0 saturated heterocycles. The highest BCUT2D eigenvalue weighted by Crippen LogP contribution is 2.21. The second-order valence-corrected chi connectivity index (χ2v) is 5.29. The highest BCUT2D eigenvalue weighted by atomic mass is 16.3. The first-order valence-corrected chi connectivity index (χ1v) is 7.34. The van der Waals surface area contributed by atoms with Crippen LogP contribution in [0.5, 0.6) is 0 Å². The maximum absolute atomic E-state index is 10.3. The summed E-state index contributed by atoms with van der Waals surface area (Å²) < 4.78 is 0. The molecule has 0 radical (unpaired) electrons. The lowest BCUT2D eigenvalue weighted by Crippen LogP contribution is -2.36. The summed E-state index contributed by atoms with van der Waals surface area (Å²) in [6, 6.07) is 8.37. The Morgan fingerprint density at radius 3 is 2.55 bits per heavy atom. The molecule has 0 aliphatic heterocycles. The summed E-state index contributed by atoms with van der Waals surface area (Å²) in [5.74, 6) is 0. The van der Waals surface area contributed by atoms with Crippen LogP contribution in [-0.4, -0.2) is 34.3 Å². The minimum Gasteiger partial charge on any atom is -0.378 e. The molecule has 0 aliphatic carbocycles. The van der Waals surface area contributed by atoms with Gasteiger partial charge in [-0.25, -0.2) is 0 Å². The molecule has 2 rings (SSSR count). The average molecular weight is 272 g/mol. The van der Waals surface area contributed by atoms with Gasteiger partial charge in [0.05, 0.1) is 5.52 Å². The molecule has 0 saturated carbocycles. The second-order valence-electron chi connectivity index (χ2n) is 5.29. The van der Waals surface area contributed by atoms with Crippen molar-refractivity contribution in [1.82, 2.24) is 9.88 Å². The summed E-state index contributed by atoms with van der Waals surface area (Å²) in [5, 5.41) is 11.5. The summed E-state index contributed by atoms with van der Waals surface area (Å²) in [4.78, 5) is 6.76. The number of aliphatic hydroxyl groups is 1. The van der Waals surface area contributed by atoms with Crippen molar-refractivity contribution >= 4 is 10.9 Å². The first kappa shape index (κ1) is 14.9. The van der Waals surface area contributed by atoms with Crippen LogP contribution in [0.15, 0.2) is 24.3 Å². The molecule has 3 heteroatoms. The van der Waals surface area contributed by atoms with Gasteiger partial charge in [0.2, 0.25) is 0 Å². The van der Waals surface area contributed by atoms with E-state index in [9.17, 15) is 5.11 Å². The number of aryl methyl sites for hydroxylation is 2. The molecule has 1 aromatic carbocycles. The summed E-state index contributed by atoms with van der Waals surface area (Å²) in [6.07, 6.45) is 0.174. The van der Waals surface area contributed by atoms with Gasteiger partial charge in [-0.2, -0.15) is 0 Å². The van der Waals surface area contributed by atoms with Crippen molar-refractivity contribution in [2.24, 2.45) is 0 Å². The quantitative estimate of drug-likeness (QED) is 0.850. The molecule has 0 fully saturated rings. The van der Waals surface area contributed by atoms with Crippen LogP contribution in [0.2, 0.25) is 0 Å². The number of hydrogen-bond donors (Lipinski definition) is 1. The Labute approximate surface area is 121 Å². The van der Waals surface area contributed by atoms with Gasteiger partial charge < -0.3 is 5.11 Å². The molecule has 1 atom stereocenters. The van der Waals surface area contributed by atoms with E-state index in [-0.39, 0.29) is 0 Å². The lowest BCUT2D eigenvalue weighted by molar-refractivity contribution is 0.0118. The Bertz CT molecular complexity index is 591.